The van der Waals surface area contributed by atoms with Crippen LogP contribution in [0.25, 0.3) is 0 Å². The quantitative estimate of drug-likeness (QED) is 0.609. The van der Waals surface area contributed by atoms with E-state index in [0.29, 0.717) is 22.3 Å². The summed E-state index contributed by atoms with van der Waals surface area (Å²) >= 11 is 1.22. The molecule has 0 bridgehead atoms. The number of benzene rings is 2. The molecule has 0 spiro atoms. The second kappa shape index (κ2) is 9.94. The third-order valence-electron chi connectivity index (χ3n) is 4.40. The van der Waals surface area contributed by atoms with E-state index >= 15 is 0 Å². The molecule has 1 saturated heterocycles. The van der Waals surface area contributed by atoms with Crippen molar-refractivity contribution in [3.05, 3.63) is 66.7 Å². The number of thioether (sulfide) groups is 1. The molecule has 0 saturated carbocycles. The highest BCUT2D eigenvalue weighted by Crippen LogP contribution is 2.32. The van der Waals surface area contributed by atoms with E-state index in [4.69, 9.17) is 9.84 Å². The standard InChI is InChI=1S/C22H21N3O5S/c1-3-11-25-20(27)18(31-22(25)24-16-5-4-6-17(12-16)30-2)13-19(26)23-15-9-7-14(8-10-15)21(28)29/h3-10,12,18H,1,11,13H2,2H3,(H,23,26)(H,28,29)/t18-/m0/s1. The van der Waals surface area contributed by atoms with Crippen molar-refractivity contribution in [3.63, 3.8) is 0 Å². The summed E-state index contributed by atoms with van der Waals surface area (Å²) in [4.78, 5) is 42.3. The van der Waals surface area contributed by atoms with Gasteiger partial charge in [0, 0.05) is 24.7 Å². The number of anilines is 1. The Bertz CT molecular complexity index is 1040. The van der Waals surface area contributed by atoms with Crippen LogP contribution in [0.15, 0.2) is 66.2 Å². The third kappa shape index (κ3) is 5.52. The van der Waals surface area contributed by atoms with Gasteiger partial charge in [-0.15, -0.1) is 6.58 Å². The molecule has 2 aromatic rings. The van der Waals surface area contributed by atoms with Gasteiger partial charge in [-0.25, -0.2) is 9.79 Å². The van der Waals surface area contributed by atoms with Crippen molar-refractivity contribution < 1.29 is 24.2 Å². The van der Waals surface area contributed by atoms with E-state index in [0.717, 1.165) is 0 Å². The molecule has 1 fully saturated rings. The van der Waals surface area contributed by atoms with Gasteiger partial charge in [-0.3, -0.25) is 14.5 Å². The minimum absolute atomic E-state index is 0.0467. The van der Waals surface area contributed by atoms with Crippen LogP contribution >= 0.6 is 11.8 Å². The van der Waals surface area contributed by atoms with Crippen LogP contribution in [0.2, 0.25) is 0 Å². The molecule has 3 rings (SSSR count). The summed E-state index contributed by atoms with van der Waals surface area (Å²) in [6.45, 7) is 3.97. The summed E-state index contributed by atoms with van der Waals surface area (Å²) in [5, 5.41) is 11.5. The second-order valence-electron chi connectivity index (χ2n) is 6.57. The van der Waals surface area contributed by atoms with Gasteiger partial charge in [-0.2, -0.15) is 0 Å². The Labute approximate surface area is 183 Å². The first-order valence-corrected chi connectivity index (χ1v) is 10.2. The van der Waals surface area contributed by atoms with Gasteiger partial charge in [-0.1, -0.05) is 23.9 Å². The SMILES string of the molecule is C=CCN1C(=O)[C@H](CC(=O)Nc2ccc(C(=O)O)cc2)SC1=Nc1cccc(OC)c1. The molecule has 1 aliphatic heterocycles. The number of nitrogens with one attached hydrogen (secondary N) is 1. The predicted molar refractivity (Wildman–Crippen MR) is 120 cm³/mol. The average molecular weight is 439 g/mol. The Morgan fingerprint density at radius 1 is 1.29 bits per heavy atom. The number of carboxylic acids is 1. The molecule has 0 unspecified atom stereocenters. The van der Waals surface area contributed by atoms with Crippen molar-refractivity contribution in [2.75, 3.05) is 19.0 Å². The number of nitrogens with zero attached hydrogens (tertiary/aromatic N) is 2. The van der Waals surface area contributed by atoms with E-state index in [1.54, 1.807) is 37.5 Å². The topological polar surface area (TPSA) is 108 Å². The molecule has 9 heteroatoms. The Morgan fingerprint density at radius 3 is 2.68 bits per heavy atom. The van der Waals surface area contributed by atoms with Gasteiger partial charge in [0.1, 0.15) is 11.0 Å². The largest absolute Gasteiger partial charge is 0.497 e. The van der Waals surface area contributed by atoms with Crippen LogP contribution in [0.5, 0.6) is 5.75 Å². The normalized spacial score (nSPS) is 16.9. The zero-order chi connectivity index (χ0) is 22.4. The van der Waals surface area contributed by atoms with Crippen LogP contribution in [-0.2, 0) is 9.59 Å². The number of hydrogen-bond acceptors (Lipinski definition) is 6. The maximum Gasteiger partial charge on any atom is 0.335 e. The number of hydrogen-bond donors (Lipinski definition) is 2. The molecule has 0 radical (unpaired) electrons. The van der Waals surface area contributed by atoms with Crippen LogP contribution in [0.1, 0.15) is 16.8 Å². The highest BCUT2D eigenvalue weighted by Gasteiger charge is 2.38. The third-order valence-corrected chi connectivity index (χ3v) is 5.57. The van der Waals surface area contributed by atoms with Crippen molar-refractivity contribution in [2.45, 2.75) is 11.7 Å². The molecular weight excluding hydrogens is 418 g/mol. The lowest BCUT2D eigenvalue weighted by Crippen LogP contribution is -2.33. The first kappa shape index (κ1) is 22.1. The minimum Gasteiger partial charge on any atom is -0.497 e. The number of carbonyl (C=O) groups excluding carboxylic acids is 2. The highest BCUT2D eigenvalue weighted by molar-refractivity contribution is 8.15. The average Bonchev–Trinajstić information content (AvgIpc) is 3.03. The molecule has 1 heterocycles. The maximum atomic E-state index is 12.8. The van der Waals surface area contributed by atoms with Crippen LogP contribution < -0.4 is 10.1 Å². The summed E-state index contributed by atoms with van der Waals surface area (Å²) in [7, 11) is 1.56. The van der Waals surface area contributed by atoms with E-state index in [-0.39, 0.29) is 30.3 Å². The first-order chi connectivity index (χ1) is 14.9. The number of amides is 2. The molecule has 160 valence electrons. The second-order valence-corrected chi connectivity index (χ2v) is 7.74. The molecule has 0 aromatic heterocycles. The van der Waals surface area contributed by atoms with Crippen molar-refractivity contribution in [1.82, 2.24) is 4.90 Å². The summed E-state index contributed by atoms with van der Waals surface area (Å²) in [6.07, 6.45) is 1.56. The number of ether oxygens (including phenoxy) is 1. The number of methoxy groups -OCH3 is 1. The van der Waals surface area contributed by atoms with Crippen molar-refractivity contribution in [3.8, 4) is 5.75 Å². The molecule has 1 atom stereocenters. The van der Waals surface area contributed by atoms with E-state index < -0.39 is 11.2 Å². The Kier molecular flexibility index (Phi) is 7.09. The lowest BCUT2D eigenvalue weighted by Gasteiger charge is -2.14. The molecular formula is C22H21N3O5S. The molecule has 2 amide bonds. The van der Waals surface area contributed by atoms with Crippen LogP contribution in [-0.4, -0.2) is 51.9 Å². The Morgan fingerprint density at radius 2 is 2.03 bits per heavy atom. The van der Waals surface area contributed by atoms with Crippen molar-refractivity contribution >= 4 is 46.1 Å². The van der Waals surface area contributed by atoms with E-state index in [9.17, 15) is 14.4 Å². The van der Waals surface area contributed by atoms with Crippen LogP contribution in [0.3, 0.4) is 0 Å². The minimum atomic E-state index is -1.05. The first-order valence-electron chi connectivity index (χ1n) is 9.36. The molecule has 2 aromatic carbocycles. The number of carbonyl (C=O) groups is 3. The highest BCUT2D eigenvalue weighted by atomic mass is 32.2. The van der Waals surface area contributed by atoms with E-state index in [1.165, 1.54) is 40.9 Å². The number of carboxylic acid groups (broad SMARTS) is 1. The van der Waals surface area contributed by atoms with Gasteiger partial charge in [0.05, 0.1) is 18.4 Å². The number of aliphatic imine (C=N–C) groups is 1. The zero-order valence-corrected chi connectivity index (χ0v) is 17.6. The zero-order valence-electron chi connectivity index (χ0n) is 16.8. The van der Waals surface area contributed by atoms with Gasteiger partial charge in [0.15, 0.2) is 5.17 Å². The Balaban J connectivity index is 1.71. The maximum absolute atomic E-state index is 12.8. The van der Waals surface area contributed by atoms with Crippen LogP contribution in [0.4, 0.5) is 11.4 Å². The van der Waals surface area contributed by atoms with Gasteiger partial charge in [-0.05, 0) is 36.4 Å². The molecule has 8 nitrogen and oxygen atoms in total. The summed E-state index contributed by atoms with van der Waals surface area (Å²) < 4.78 is 5.21. The van der Waals surface area contributed by atoms with Gasteiger partial charge < -0.3 is 15.2 Å². The van der Waals surface area contributed by atoms with E-state index in [1.807, 2.05) is 0 Å². The molecule has 2 N–H and O–H groups in total. The smallest absolute Gasteiger partial charge is 0.335 e. The number of amidine groups is 1. The molecule has 31 heavy (non-hydrogen) atoms. The number of aromatic carboxylic acids is 1. The molecule has 0 aliphatic carbocycles. The van der Waals surface area contributed by atoms with Gasteiger partial charge >= 0.3 is 5.97 Å². The van der Waals surface area contributed by atoms with Crippen LogP contribution in [0, 0.1) is 0 Å². The fourth-order valence-electron chi connectivity index (χ4n) is 2.89. The molecule has 1 aliphatic rings. The van der Waals surface area contributed by atoms with Gasteiger partial charge in [0.2, 0.25) is 11.8 Å². The lowest BCUT2D eigenvalue weighted by molar-refractivity contribution is -0.127. The summed E-state index contributed by atoms with van der Waals surface area (Å²) in [5.74, 6) is -0.967. The summed E-state index contributed by atoms with van der Waals surface area (Å²) in [5.41, 5.74) is 1.21. The van der Waals surface area contributed by atoms with Gasteiger partial charge in [0.25, 0.3) is 0 Å². The summed E-state index contributed by atoms with van der Waals surface area (Å²) in [6, 6.07) is 13.0. The fourth-order valence-corrected chi connectivity index (χ4v) is 4.06. The van der Waals surface area contributed by atoms with E-state index in [2.05, 4.69) is 16.9 Å². The van der Waals surface area contributed by atoms with Crippen molar-refractivity contribution in [1.29, 1.82) is 0 Å². The predicted octanol–water partition coefficient (Wildman–Crippen LogP) is 3.54. The Hall–Kier alpha value is -3.59. The van der Waals surface area contributed by atoms with Crippen molar-refractivity contribution in [2.24, 2.45) is 4.99 Å². The fraction of sp³-hybridized carbons (Fsp3) is 0.182. The lowest BCUT2D eigenvalue weighted by atomic mass is 10.2. The monoisotopic (exact) mass is 439 g/mol. The number of rotatable bonds is 8.